The Morgan fingerprint density at radius 1 is 1.03 bits per heavy atom. The molecule has 0 aromatic heterocycles. The summed E-state index contributed by atoms with van der Waals surface area (Å²) < 4.78 is 49.1. The second-order valence-corrected chi connectivity index (χ2v) is 9.12. The van der Waals surface area contributed by atoms with Crippen molar-refractivity contribution in [2.24, 2.45) is 5.92 Å². The van der Waals surface area contributed by atoms with Crippen LogP contribution < -0.4 is 18.9 Å². The van der Waals surface area contributed by atoms with E-state index in [0.29, 0.717) is 36.0 Å². The molecule has 0 aliphatic carbocycles. The number of benzene rings is 2. The third-order valence-corrected chi connectivity index (χ3v) is 6.22. The number of hydrogen-bond acceptors (Lipinski definition) is 8. The maximum atomic E-state index is 12.9. The fraction of sp³-hybridized carbons (Fsp3) is 0.364. The van der Waals surface area contributed by atoms with Crippen LogP contribution in [0.15, 0.2) is 47.4 Å². The summed E-state index contributed by atoms with van der Waals surface area (Å²) in [5.74, 6) is -0.335. The van der Waals surface area contributed by atoms with Crippen molar-refractivity contribution in [2.75, 3.05) is 26.9 Å². The normalized spacial score (nSPS) is 14.0. The van der Waals surface area contributed by atoms with Crippen LogP contribution in [-0.4, -0.2) is 53.1 Å². The number of esters is 1. The predicted molar refractivity (Wildman–Crippen MR) is 115 cm³/mol. The van der Waals surface area contributed by atoms with Gasteiger partial charge in [-0.2, -0.15) is 4.72 Å². The number of fused-ring (bicyclic) bond motifs is 1. The molecule has 172 valence electrons. The smallest absolute Gasteiger partial charge is 0.324 e. The van der Waals surface area contributed by atoms with Gasteiger partial charge in [0.2, 0.25) is 10.0 Å². The summed E-state index contributed by atoms with van der Waals surface area (Å²) in [6.07, 6.45) is 0. The lowest BCUT2D eigenvalue weighted by Crippen LogP contribution is -2.45. The van der Waals surface area contributed by atoms with Crippen LogP contribution >= 0.6 is 0 Å². The lowest BCUT2D eigenvalue weighted by Gasteiger charge is -2.22. The molecule has 0 unspecified atom stereocenters. The molecule has 0 saturated heterocycles. The highest BCUT2D eigenvalue weighted by Gasteiger charge is 2.31. The highest BCUT2D eigenvalue weighted by atomic mass is 32.2. The van der Waals surface area contributed by atoms with Gasteiger partial charge in [-0.15, -0.1) is 0 Å². The Kier molecular flexibility index (Phi) is 7.37. The first-order chi connectivity index (χ1) is 15.2. The Morgan fingerprint density at radius 2 is 1.69 bits per heavy atom. The van der Waals surface area contributed by atoms with Gasteiger partial charge in [-0.1, -0.05) is 13.8 Å². The van der Waals surface area contributed by atoms with E-state index in [1.165, 1.54) is 25.3 Å². The van der Waals surface area contributed by atoms with Crippen molar-refractivity contribution in [3.63, 3.8) is 0 Å². The number of Topliss-reactive ketones (excluding diaryl/α,β-unsaturated/α-hetero) is 1. The zero-order valence-corrected chi connectivity index (χ0v) is 18.8. The lowest BCUT2D eigenvalue weighted by molar-refractivity contribution is -0.145. The molecule has 0 radical (unpaired) electrons. The summed E-state index contributed by atoms with van der Waals surface area (Å²) in [4.78, 5) is 24.8. The first kappa shape index (κ1) is 23.6. The number of carbonyl (C=O) groups excluding carboxylic acids is 2. The van der Waals surface area contributed by atoms with Crippen LogP contribution in [-0.2, 0) is 19.6 Å². The SMILES string of the molecule is COc1ccc(C(=O)COC(=O)[C@H](NS(=O)(=O)c2ccc3c(c2)OCCO3)C(C)C)cc1. The van der Waals surface area contributed by atoms with E-state index in [1.54, 1.807) is 38.1 Å². The van der Waals surface area contributed by atoms with Crippen molar-refractivity contribution in [1.82, 2.24) is 4.72 Å². The monoisotopic (exact) mass is 463 g/mol. The van der Waals surface area contributed by atoms with Gasteiger partial charge in [-0.25, -0.2) is 8.42 Å². The number of nitrogens with one attached hydrogen (secondary N) is 1. The fourth-order valence-electron chi connectivity index (χ4n) is 2.97. The van der Waals surface area contributed by atoms with Gasteiger partial charge < -0.3 is 18.9 Å². The number of methoxy groups -OCH3 is 1. The van der Waals surface area contributed by atoms with Crippen LogP contribution in [0.2, 0.25) is 0 Å². The molecule has 32 heavy (non-hydrogen) atoms. The first-order valence-electron chi connectivity index (χ1n) is 9.97. The molecule has 0 fully saturated rings. The second kappa shape index (κ2) is 10.0. The Morgan fingerprint density at radius 3 is 2.31 bits per heavy atom. The van der Waals surface area contributed by atoms with Gasteiger partial charge in [-0.05, 0) is 42.3 Å². The molecule has 0 amide bonds. The molecular weight excluding hydrogens is 438 g/mol. The van der Waals surface area contributed by atoms with Crippen molar-refractivity contribution in [3.8, 4) is 17.2 Å². The molecule has 3 rings (SSSR count). The molecule has 1 aliphatic heterocycles. The van der Waals surface area contributed by atoms with Crippen LogP contribution in [0, 0.1) is 5.92 Å². The fourth-order valence-corrected chi connectivity index (χ4v) is 4.32. The van der Waals surface area contributed by atoms with Crippen LogP contribution in [0.1, 0.15) is 24.2 Å². The quantitative estimate of drug-likeness (QED) is 0.444. The third-order valence-electron chi connectivity index (χ3n) is 4.78. The predicted octanol–water partition coefficient (Wildman–Crippen LogP) is 2.20. The number of sulfonamides is 1. The van der Waals surface area contributed by atoms with E-state index < -0.39 is 40.3 Å². The van der Waals surface area contributed by atoms with Crippen molar-refractivity contribution in [2.45, 2.75) is 24.8 Å². The summed E-state index contributed by atoms with van der Waals surface area (Å²) >= 11 is 0. The average Bonchev–Trinajstić information content (AvgIpc) is 2.80. The zero-order valence-electron chi connectivity index (χ0n) is 18.0. The molecule has 2 aromatic rings. The van der Waals surface area contributed by atoms with Gasteiger partial charge in [0.25, 0.3) is 0 Å². The Hall–Kier alpha value is -3.11. The number of carbonyl (C=O) groups is 2. The minimum atomic E-state index is -4.07. The average molecular weight is 464 g/mol. The van der Waals surface area contributed by atoms with Gasteiger partial charge >= 0.3 is 5.97 Å². The van der Waals surface area contributed by atoms with Crippen molar-refractivity contribution in [3.05, 3.63) is 48.0 Å². The van der Waals surface area contributed by atoms with Gasteiger partial charge in [-0.3, -0.25) is 9.59 Å². The Bertz CT molecular complexity index is 1080. The third kappa shape index (κ3) is 5.57. The van der Waals surface area contributed by atoms with Gasteiger partial charge in [0, 0.05) is 11.6 Å². The van der Waals surface area contributed by atoms with Crippen LogP contribution in [0.25, 0.3) is 0 Å². The molecule has 1 aliphatic rings. The van der Waals surface area contributed by atoms with Gasteiger partial charge in [0.15, 0.2) is 23.9 Å². The van der Waals surface area contributed by atoms with E-state index in [2.05, 4.69) is 4.72 Å². The van der Waals surface area contributed by atoms with Crippen molar-refractivity contribution < 1.29 is 37.0 Å². The van der Waals surface area contributed by atoms with E-state index >= 15 is 0 Å². The van der Waals surface area contributed by atoms with E-state index in [0.717, 1.165) is 0 Å². The standard InChI is InChI=1S/C22H25NO8S/c1-14(2)21(22(25)31-13-18(24)15-4-6-16(28-3)7-5-15)23-32(26,27)17-8-9-19-20(12-17)30-11-10-29-19/h4-9,12,14,21,23H,10-11,13H2,1-3H3/t21-/m1/s1. The number of ketones is 1. The van der Waals surface area contributed by atoms with Crippen LogP contribution in [0.5, 0.6) is 17.2 Å². The van der Waals surface area contributed by atoms with E-state index in [-0.39, 0.29) is 4.90 Å². The summed E-state index contributed by atoms with van der Waals surface area (Å²) in [5.41, 5.74) is 0.344. The molecule has 1 heterocycles. The van der Waals surface area contributed by atoms with Crippen molar-refractivity contribution >= 4 is 21.8 Å². The lowest BCUT2D eigenvalue weighted by atomic mass is 10.1. The Labute approximate surface area is 186 Å². The highest BCUT2D eigenvalue weighted by molar-refractivity contribution is 7.89. The Balaban J connectivity index is 1.67. The minimum Gasteiger partial charge on any atom is -0.497 e. The minimum absolute atomic E-state index is 0.0745. The van der Waals surface area contributed by atoms with Crippen molar-refractivity contribution in [1.29, 1.82) is 0 Å². The van der Waals surface area contributed by atoms with E-state index in [1.807, 2.05) is 0 Å². The van der Waals surface area contributed by atoms with Gasteiger partial charge in [0.1, 0.15) is 25.0 Å². The highest BCUT2D eigenvalue weighted by Crippen LogP contribution is 2.32. The molecule has 0 saturated carbocycles. The molecule has 2 aromatic carbocycles. The maximum Gasteiger partial charge on any atom is 0.324 e. The summed E-state index contributed by atoms with van der Waals surface area (Å²) in [6.45, 7) is 3.52. The molecule has 0 spiro atoms. The second-order valence-electron chi connectivity index (χ2n) is 7.41. The largest absolute Gasteiger partial charge is 0.497 e. The molecule has 9 nitrogen and oxygen atoms in total. The summed E-state index contributed by atoms with van der Waals surface area (Å²) in [5, 5.41) is 0. The van der Waals surface area contributed by atoms with E-state index in [4.69, 9.17) is 18.9 Å². The molecule has 10 heteroatoms. The summed E-state index contributed by atoms with van der Waals surface area (Å²) in [6, 6.07) is 9.37. The summed E-state index contributed by atoms with van der Waals surface area (Å²) in [7, 11) is -2.56. The van der Waals surface area contributed by atoms with Crippen LogP contribution in [0.3, 0.4) is 0 Å². The van der Waals surface area contributed by atoms with Gasteiger partial charge in [0.05, 0.1) is 12.0 Å². The van der Waals surface area contributed by atoms with E-state index in [9.17, 15) is 18.0 Å². The molecular formula is C22H25NO8S. The molecule has 0 bridgehead atoms. The number of ether oxygens (including phenoxy) is 4. The number of hydrogen-bond donors (Lipinski definition) is 1. The molecule has 1 atom stereocenters. The first-order valence-corrected chi connectivity index (χ1v) is 11.5. The maximum absolute atomic E-state index is 12.9. The molecule has 1 N–H and O–H groups in total. The topological polar surface area (TPSA) is 117 Å². The number of rotatable bonds is 9. The van der Waals surface area contributed by atoms with Crippen LogP contribution in [0.4, 0.5) is 0 Å². The zero-order chi connectivity index (χ0) is 23.3.